The van der Waals surface area contributed by atoms with Gasteiger partial charge in [-0.15, -0.1) is 13.5 Å². The number of ether oxygens (including phenoxy) is 7. The van der Waals surface area contributed by atoms with E-state index in [0.717, 1.165) is 53.2 Å². The van der Waals surface area contributed by atoms with Crippen molar-refractivity contribution in [1.82, 2.24) is 44.8 Å². The van der Waals surface area contributed by atoms with Gasteiger partial charge in [0.2, 0.25) is 24.0 Å². The van der Waals surface area contributed by atoms with E-state index in [4.69, 9.17) is 41.5 Å². The molecule has 0 radical (unpaired) electrons. The Balaban J connectivity index is 0.753. The maximum absolute atomic E-state index is 14.9. The molecule has 4 heterocycles. The van der Waals surface area contributed by atoms with Crippen molar-refractivity contribution in [2.75, 3.05) is 81.4 Å². The number of carboxylic acids is 2. The van der Waals surface area contributed by atoms with Crippen LogP contribution in [-0.4, -0.2) is 287 Å². The molecule has 0 spiro atoms. The summed E-state index contributed by atoms with van der Waals surface area (Å²) in [7, 11) is 2.53. The molecule has 36 nitrogen and oxygen atoms in total. The zero-order chi connectivity index (χ0) is 90.6. The first-order valence-corrected chi connectivity index (χ1v) is 43.8. The van der Waals surface area contributed by atoms with Crippen LogP contribution in [0, 0.1) is 47.3 Å². The van der Waals surface area contributed by atoms with E-state index in [0.29, 0.717) is 82.3 Å². The number of carboxylic acid groups (broad SMARTS) is 2. The lowest BCUT2D eigenvalue weighted by molar-refractivity contribution is -0.271. The van der Waals surface area contributed by atoms with Crippen LogP contribution in [0.4, 0.5) is 4.79 Å². The van der Waals surface area contributed by atoms with Gasteiger partial charge in [-0.2, -0.15) is 0 Å². The number of Topliss-reactive ketones (excluding diaryl/α,β-unsaturated/α-hetero) is 2. The number of fused-ring (bicyclic) bond motifs is 2. The van der Waals surface area contributed by atoms with Crippen LogP contribution < -0.4 is 18.4 Å². The molecule has 4 aromatic rings. The number of imide groups is 1. The van der Waals surface area contributed by atoms with Gasteiger partial charge in [0.25, 0.3) is 11.8 Å². The van der Waals surface area contributed by atoms with Crippen molar-refractivity contribution >= 4 is 75.5 Å². The molecule has 6 amide bonds. The van der Waals surface area contributed by atoms with Crippen molar-refractivity contribution in [3.05, 3.63) is 113 Å². The van der Waals surface area contributed by atoms with E-state index in [1.807, 2.05) is 48.7 Å². The Bertz CT molecular complexity index is 4470. The quantitative estimate of drug-likeness (QED) is 0.0139. The molecule has 6 N–H and O–H groups in total. The predicted molar refractivity (Wildman–Crippen MR) is 443 cm³/mol. The number of aliphatic hydroxyl groups excluding tert-OH is 3. The largest absolute Gasteiger partial charge is 0.501 e. The number of hydrogen-bond acceptors (Lipinski definition) is 28. The number of aliphatic hydroxyl groups is 3. The minimum Gasteiger partial charge on any atom is -0.481 e. The number of nitrogens with zero attached hydrogens (tertiary/aromatic N) is 8. The molecule has 4 unspecified atom stereocenters. The van der Waals surface area contributed by atoms with E-state index in [1.165, 1.54) is 73.6 Å². The number of aliphatic carboxylic acids is 2. The number of aryl methyl sites for hydroxylation is 1. The number of nitrogens with one attached hydrogen (secondary N) is 1. The van der Waals surface area contributed by atoms with Gasteiger partial charge in [0.15, 0.2) is 23.4 Å². The van der Waals surface area contributed by atoms with Crippen LogP contribution in [0.25, 0.3) is 0 Å². The van der Waals surface area contributed by atoms with Gasteiger partial charge in [-0.3, -0.25) is 53.0 Å². The topological polar surface area (TPSA) is 465 Å². The van der Waals surface area contributed by atoms with Crippen LogP contribution in [-0.2, 0) is 114 Å². The molecule has 3 fully saturated rings. The van der Waals surface area contributed by atoms with Gasteiger partial charge >= 0.3 is 34.4 Å². The Morgan fingerprint density at radius 2 is 1.42 bits per heavy atom. The zero-order valence-electron chi connectivity index (χ0n) is 72.5. The number of carbonyl (C=O) groups is 11. The number of hydrogen-bond donors (Lipinski definition) is 6. The second-order valence-corrected chi connectivity index (χ2v) is 34.6. The molecule has 5 aliphatic rings. The number of amides is 6. The summed E-state index contributed by atoms with van der Waals surface area (Å²) < 4.78 is 80.5. The number of benzene rings is 3. The molecule has 2 aliphatic carbocycles. The molecule has 3 aromatic carbocycles. The van der Waals surface area contributed by atoms with Crippen molar-refractivity contribution in [2.45, 2.75) is 219 Å². The second kappa shape index (κ2) is 45.3. The number of likely N-dealkylation sites (N-methyl/N-ethyl adjacent to an activating group) is 3. The van der Waals surface area contributed by atoms with Crippen LogP contribution >= 0.6 is 0 Å². The van der Waals surface area contributed by atoms with Gasteiger partial charge in [-0.05, 0) is 148 Å². The Labute approximate surface area is 722 Å². The fraction of sp³-hybridized carbons (Fsp3) is 0.621. The number of aromatic nitrogens is 3. The molecule has 124 heavy (non-hydrogen) atoms. The lowest BCUT2D eigenvalue weighted by atomic mass is 9.85. The number of rotatable bonds is 48. The van der Waals surface area contributed by atoms with E-state index in [-0.39, 0.29) is 111 Å². The van der Waals surface area contributed by atoms with Crippen molar-refractivity contribution < 1.29 is 128 Å². The monoisotopic (exact) mass is 1760 g/mol. The number of likely N-dealkylation sites (tertiary alicyclic amines) is 1. The molecular formula is C87H121N9O27S. The highest BCUT2D eigenvalue weighted by Gasteiger charge is 2.52. The Kier molecular flexibility index (Phi) is 35.8. The van der Waals surface area contributed by atoms with Gasteiger partial charge in [-0.25, -0.2) is 14.3 Å². The lowest BCUT2D eigenvalue weighted by Crippen LogP contribution is -2.61. The van der Waals surface area contributed by atoms with Crippen LogP contribution in [0.1, 0.15) is 152 Å². The van der Waals surface area contributed by atoms with Gasteiger partial charge in [0.05, 0.1) is 67.8 Å². The summed E-state index contributed by atoms with van der Waals surface area (Å²) in [6, 6.07) is 14.0. The summed E-state index contributed by atoms with van der Waals surface area (Å²) in [4.78, 5) is 154. The van der Waals surface area contributed by atoms with E-state index in [1.54, 1.807) is 58.7 Å². The molecule has 1 aromatic heterocycles. The first-order valence-electron chi connectivity index (χ1n) is 42.4. The van der Waals surface area contributed by atoms with Gasteiger partial charge in [0.1, 0.15) is 48.5 Å². The van der Waals surface area contributed by atoms with Crippen LogP contribution in [0.15, 0.2) is 84.9 Å². The molecule has 9 rings (SSSR count). The minimum absolute atomic E-state index is 0.0941. The average molecular weight is 1760 g/mol. The van der Waals surface area contributed by atoms with Crippen molar-refractivity contribution in [1.29, 1.82) is 0 Å². The Morgan fingerprint density at radius 1 is 0.726 bits per heavy atom. The normalized spacial score (nSPS) is 22.0. The smallest absolute Gasteiger partial charge is 0.481 e. The molecule has 3 aliphatic heterocycles. The average Bonchev–Trinajstić information content (AvgIpc) is 1.57. The third-order valence-electron chi connectivity index (χ3n) is 24.3. The third-order valence-corrected chi connectivity index (χ3v) is 25.0. The summed E-state index contributed by atoms with van der Waals surface area (Å²) in [5, 5.41) is 63.3. The third kappa shape index (κ3) is 25.9. The molecule has 2 saturated heterocycles. The summed E-state index contributed by atoms with van der Waals surface area (Å²) >= 11 is 0. The number of methoxy groups -OCH3 is 2. The fourth-order valence-electron chi connectivity index (χ4n) is 16.9. The highest BCUT2D eigenvalue weighted by atomic mass is 32.3. The number of ketones is 2. The lowest BCUT2D eigenvalue weighted by Gasteiger charge is -2.41. The van der Waals surface area contributed by atoms with E-state index in [9.17, 15) is 86.7 Å². The maximum Gasteiger partial charge on any atom is 0.501 e. The van der Waals surface area contributed by atoms with E-state index in [2.05, 4.69) is 15.6 Å². The van der Waals surface area contributed by atoms with Gasteiger partial charge in [-0.1, -0.05) is 103 Å². The Morgan fingerprint density at radius 3 is 2.06 bits per heavy atom. The van der Waals surface area contributed by atoms with Gasteiger partial charge in [0, 0.05) is 97.5 Å². The minimum atomic E-state index is -5.20. The first-order chi connectivity index (χ1) is 58.9. The van der Waals surface area contributed by atoms with Crippen LogP contribution in [0.2, 0.25) is 0 Å². The van der Waals surface area contributed by atoms with Crippen LogP contribution in [0.5, 0.6) is 17.2 Å². The maximum atomic E-state index is 14.9. The fourth-order valence-corrected chi connectivity index (χ4v) is 17.7. The van der Waals surface area contributed by atoms with Crippen LogP contribution in [0.3, 0.4) is 0 Å². The molecule has 1 saturated carbocycles. The van der Waals surface area contributed by atoms with Crippen molar-refractivity contribution in [3.63, 3.8) is 0 Å². The van der Waals surface area contributed by atoms with Crippen molar-refractivity contribution in [3.8, 4) is 17.2 Å². The number of carbonyl (C=O) groups excluding carboxylic acids is 9. The summed E-state index contributed by atoms with van der Waals surface area (Å²) in [5.74, 6) is -9.56. The molecule has 0 bridgehead atoms. The second-order valence-electron chi connectivity index (χ2n) is 33.5. The molecule has 37 heteroatoms. The first kappa shape index (κ1) is 97.9. The molecule has 682 valence electrons. The van der Waals surface area contributed by atoms with E-state index < -0.39 is 155 Å². The standard InChI is InChI=1S/C87H121N9O27S/c1-13-52(6)76(69(115-11)47-72(101)94-38-17-22-64(94)80(116-12)53(7)66(98)45-57(84(108)109)44-54-20-15-14-16-21-54)92(9)83(107)74(50(2)3)88-82(106)75(51(4)5)93(10)87(112)119-48-55-25-28-58(29-26-55)122-124(113,114)123-68-46-56(27-34-67(68)120-86-79(105)77(103)78(104)81(121-86)85(110)111)65(97)23-19-42-117-43-41-96-63-33-31-60-59(30-32-62(63)89-90-96)61(60)49-118-73(102)24-18-37-91(8)39-40-95-70(99)35-36-71(95)100/h14-16,20-21,25-29,34-36,46,50-53,57,59-61,64,69,74-81,86,103-105H,13,17-19,22-24,30-33,37-45,47-49H2,1-12H3,(H,88,106)(H,108,109)(H,110,111)/t52?,53-,57?,59-,60+,61?,64-,69+,74-,75-,76-,77-,78-,79+,80+,81-,86?/m0/s1. The molecule has 17 atom stereocenters. The number of esters is 1. The summed E-state index contributed by atoms with van der Waals surface area (Å²) in [6.07, 6.45) is -4.92. The Hall–Kier alpha value is -9.86. The molecular weight excluding hydrogens is 1640 g/mol. The highest BCUT2D eigenvalue weighted by Crippen LogP contribution is 2.53. The summed E-state index contributed by atoms with van der Waals surface area (Å²) in [5.41, 5.74) is 2.91. The van der Waals surface area contributed by atoms with Crippen molar-refractivity contribution in [2.24, 2.45) is 47.3 Å². The van der Waals surface area contributed by atoms with Gasteiger partial charge < -0.3 is 87.1 Å². The van der Waals surface area contributed by atoms with E-state index >= 15 is 0 Å². The predicted octanol–water partition coefficient (Wildman–Crippen LogP) is 5.41. The summed E-state index contributed by atoms with van der Waals surface area (Å²) in [6.45, 7) is 14.9. The zero-order valence-corrected chi connectivity index (χ0v) is 73.3. The highest BCUT2D eigenvalue weighted by molar-refractivity contribution is 7.82. The SMILES string of the molecule is CCC(C)[C@@H]([C@@H](CC(=O)N1CCC[C@H]1[C@H](OC)[C@@H](C)C(=O)CC(Cc1ccccc1)C(=O)O)OC)N(C)C(=O)[C@@H](NC(=O)[C@H](C(C)C)N(C)C(=O)OCc1ccc(OS(=O)(=O)Oc2cc(C(=O)CCCOCCn3nnc4c3CC[C@H]3C(COC(=O)CCCN(C)CCN5C(=O)C=CC5=O)[C@H]3CC4)ccc2OC2O[C@H](C(=O)O)[C@@H](O)[C@H](O)[C@H]2O)cc1)C(C)C.